The summed E-state index contributed by atoms with van der Waals surface area (Å²) in [5.74, 6) is 0.746. The SMILES string of the molecule is CC(C)C(CC#N)c1cncc(Br)c1. The van der Waals surface area contributed by atoms with Gasteiger partial charge in [0, 0.05) is 29.2 Å². The van der Waals surface area contributed by atoms with E-state index in [1.807, 2.05) is 12.3 Å². The van der Waals surface area contributed by atoms with E-state index in [1.165, 1.54) is 0 Å². The average molecular weight is 253 g/mol. The summed E-state index contributed by atoms with van der Waals surface area (Å²) in [5, 5.41) is 8.73. The van der Waals surface area contributed by atoms with Crippen molar-refractivity contribution in [2.45, 2.75) is 26.2 Å². The van der Waals surface area contributed by atoms with Crippen LogP contribution in [0.25, 0.3) is 0 Å². The molecular weight excluding hydrogens is 240 g/mol. The van der Waals surface area contributed by atoms with Gasteiger partial charge in [-0.15, -0.1) is 0 Å². The van der Waals surface area contributed by atoms with E-state index >= 15 is 0 Å². The van der Waals surface area contributed by atoms with Gasteiger partial charge in [0.1, 0.15) is 0 Å². The third kappa shape index (κ3) is 2.81. The van der Waals surface area contributed by atoms with Gasteiger partial charge >= 0.3 is 0 Å². The minimum absolute atomic E-state index is 0.282. The van der Waals surface area contributed by atoms with Crippen molar-refractivity contribution in [3.63, 3.8) is 0 Å². The highest BCUT2D eigenvalue weighted by atomic mass is 79.9. The molecule has 0 spiro atoms. The highest BCUT2D eigenvalue weighted by Crippen LogP contribution is 2.28. The van der Waals surface area contributed by atoms with Crippen LogP contribution in [-0.4, -0.2) is 4.98 Å². The molecule has 0 amide bonds. The molecule has 1 unspecified atom stereocenters. The molecule has 0 saturated heterocycles. The molecule has 0 N–H and O–H groups in total. The molecule has 1 rings (SSSR count). The monoisotopic (exact) mass is 252 g/mol. The van der Waals surface area contributed by atoms with Gasteiger partial charge < -0.3 is 0 Å². The number of rotatable bonds is 3. The lowest BCUT2D eigenvalue weighted by molar-refractivity contribution is 0.504. The van der Waals surface area contributed by atoms with E-state index in [9.17, 15) is 0 Å². The Morgan fingerprint density at radius 1 is 1.50 bits per heavy atom. The lowest BCUT2D eigenvalue weighted by atomic mass is 9.87. The van der Waals surface area contributed by atoms with E-state index in [-0.39, 0.29) is 5.92 Å². The first-order valence-electron chi connectivity index (χ1n) is 4.62. The first-order chi connectivity index (χ1) is 6.65. The summed E-state index contributed by atoms with van der Waals surface area (Å²) < 4.78 is 0.971. The molecule has 0 saturated carbocycles. The third-order valence-electron chi connectivity index (χ3n) is 2.27. The Hall–Kier alpha value is -0.880. The summed E-state index contributed by atoms with van der Waals surface area (Å²) in [5.41, 5.74) is 1.14. The van der Waals surface area contributed by atoms with Crippen molar-refractivity contribution in [3.05, 3.63) is 28.5 Å². The lowest BCUT2D eigenvalue weighted by Crippen LogP contribution is -2.06. The minimum atomic E-state index is 0.282. The first kappa shape index (κ1) is 11.2. The van der Waals surface area contributed by atoms with Crippen molar-refractivity contribution >= 4 is 15.9 Å². The molecule has 0 aliphatic carbocycles. The fraction of sp³-hybridized carbons (Fsp3) is 0.455. The van der Waals surface area contributed by atoms with Crippen molar-refractivity contribution in [1.82, 2.24) is 4.98 Å². The van der Waals surface area contributed by atoms with Gasteiger partial charge in [-0.2, -0.15) is 5.26 Å². The zero-order chi connectivity index (χ0) is 10.6. The number of nitrogens with zero attached hydrogens (tertiary/aromatic N) is 2. The van der Waals surface area contributed by atoms with Crippen LogP contribution < -0.4 is 0 Å². The quantitative estimate of drug-likeness (QED) is 0.826. The number of hydrogen-bond donors (Lipinski definition) is 0. The van der Waals surface area contributed by atoms with Crippen molar-refractivity contribution in [2.75, 3.05) is 0 Å². The van der Waals surface area contributed by atoms with Gasteiger partial charge in [-0.25, -0.2) is 0 Å². The molecule has 1 atom stereocenters. The Kier molecular flexibility index (Phi) is 4.09. The van der Waals surface area contributed by atoms with Crippen LogP contribution in [0.2, 0.25) is 0 Å². The molecule has 0 bridgehead atoms. The van der Waals surface area contributed by atoms with Crippen LogP contribution in [-0.2, 0) is 0 Å². The fourth-order valence-electron chi connectivity index (χ4n) is 1.47. The van der Waals surface area contributed by atoms with Crippen molar-refractivity contribution in [1.29, 1.82) is 5.26 Å². The van der Waals surface area contributed by atoms with Crippen LogP contribution in [0.3, 0.4) is 0 Å². The van der Waals surface area contributed by atoms with Crippen LogP contribution >= 0.6 is 15.9 Å². The number of nitriles is 1. The maximum atomic E-state index is 8.73. The second-order valence-corrected chi connectivity index (χ2v) is 4.56. The maximum Gasteiger partial charge on any atom is 0.0628 e. The van der Waals surface area contributed by atoms with E-state index in [0.717, 1.165) is 10.0 Å². The minimum Gasteiger partial charge on any atom is -0.263 e. The van der Waals surface area contributed by atoms with E-state index in [2.05, 4.69) is 40.8 Å². The van der Waals surface area contributed by atoms with Gasteiger partial charge in [-0.3, -0.25) is 4.98 Å². The first-order valence-corrected chi connectivity index (χ1v) is 5.42. The number of pyridine rings is 1. The predicted octanol–water partition coefficient (Wildman–Crippen LogP) is 3.50. The molecule has 1 heterocycles. The van der Waals surface area contributed by atoms with Crippen molar-refractivity contribution in [3.8, 4) is 6.07 Å². The van der Waals surface area contributed by atoms with Gasteiger partial charge in [0.15, 0.2) is 0 Å². The molecule has 0 aliphatic heterocycles. The number of halogens is 1. The number of hydrogen-bond acceptors (Lipinski definition) is 2. The van der Waals surface area contributed by atoms with Crippen LogP contribution in [0.1, 0.15) is 31.7 Å². The van der Waals surface area contributed by atoms with Gasteiger partial charge in [-0.05, 0) is 33.5 Å². The molecule has 1 aromatic heterocycles. The summed E-state index contributed by atoms with van der Waals surface area (Å²) >= 11 is 3.39. The summed E-state index contributed by atoms with van der Waals surface area (Å²) in [4.78, 5) is 4.11. The second kappa shape index (κ2) is 5.11. The summed E-state index contributed by atoms with van der Waals surface area (Å²) in [6.07, 6.45) is 4.15. The van der Waals surface area contributed by atoms with Crippen molar-refractivity contribution in [2.24, 2.45) is 5.92 Å². The second-order valence-electron chi connectivity index (χ2n) is 3.65. The van der Waals surface area contributed by atoms with E-state index in [0.29, 0.717) is 12.3 Å². The molecule has 0 aromatic carbocycles. The Labute approximate surface area is 93.1 Å². The predicted molar refractivity (Wildman–Crippen MR) is 59.7 cm³/mol. The molecular formula is C11H13BrN2. The summed E-state index contributed by atoms with van der Waals surface area (Å²) in [6.45, 7) is 4.26. The molecule has 2 nitrogen and oxygen atoms in total. The largest absolute Gasteiger partial charge is 0.263 e. The zero-order valence-electron chi connectivity index (χ0n) is 8.37. The van der Waals surface area contributed by atoms with E-state index < -0.39 is 0 Å². The third-order valence-corrected chi connectivity index (χ3v) is 2.70. The van der Waals surface area contributed by atoms with Gasteiger partial charge in [0.2, 0.25) is 0 Å². The normalized spacial score (nSPS) is 12.5. The van der Waals surface area contributed by atoms with Gasteiger partial charge in [0.05, 0.1) is 6.07 Å². The molecule has 1 aromatic rings. The Balaban J connectivity index is 2.94. The average Bonchev–Trinajstić information content (AvgIpc) is 2.13. The maximum absolute atomic E-state index is 8.73. The fourth-order valence-corrected chi connectivity index (χ4v) is 1.85. The molecule has 14 heavy (non-hydrogen) atoms. The summed E-state index contributed by atoms with van der Waals surface area (Å²) in [6, 6.07) is 4.26. The Morgan fingerprint density at radius 2 is 2.21 bits per heavy atom. The van der Waals surface area contributed by atoms with Crippen LogP contribution in [0.4, 0.5) is 0 Å². The Morgan fingerprint density at radius 3 is 2.71 bits per heavy atom. The van der Waals surface area contributed by atoms with E-state index in [4.69, 9.17) is 5.26 Å². The van der Waals surface area contributed by atoms with Crippen molar-refractivity contribution < 1.29 is 0 Å². The van der Waals surface area contributed by atoms with Crippen LogP contribution in [0.5, 0.6) is 0 Å². The van der Waals surface area contributed by atoms with Crippen LogP contribution in [0.15, 0.2) is 22.9 Å². The molecule has 0 radical (unpaired) electrons. The van der Waals surface area contributed by atoms with Gasteiger partial charge in [-0.1, -0.05) is 13.8 Å². The Bertz CT molecular complexity index is 341. The number of aromatic nitrogens is 1. The lowest BCUT2D eigenvalue weighted by Gasteiger charge is -2.17. The highest BCUT2D eigenvalue weighted by Gasteiger charge is 2.15. The molecule has 0 aliphatic rings. The standard InChI is InChI=1S/C11H13BrN2/c1-8(2)11(3-4-13)9-5-10(12)7-14-6-9/h5-8,11H,3H2,1-2H3. The molecule has 74 valence electrons. The zero-order valence-corrected chi connectivity index (χ0v) is 9.95. The van der Waals surface area contributed by atoms with Gasteiger partial charge in [0.25, 0.3) is 0 Å². The molecule has 3 heteroatoms. The van der Waals surface area contributed by atoms with Crippen LogP contribution in [0, 0.1) is 17.2 Å². The molecule has 0 fully saturated rings. The topological polar surface area (TPSA) is 36.7 Å². The smallest absolute Gasteiger partial charge is 0.0628 e. The highest BCUT2D eigenvalue weighted by molar-refractivity contribution is 9.10. The summed E-state index contributed by atoms with van der Waals surface area (Å²) in [7, 11) is 0. The van der Waals surface area contributed by atoms with E-state index in [1.54, 1.807) is 6.20 Å².